The monoisotopic (exact) mass is 261 g/mol. The zero-order valence-electron chi connectivity index (χ0n) is 10.3. The molecule has 6 nitrogen and oxygen atoms in total. The van der Waals surface area contributed by atoms with Gasteiger partial charge in [0, 0.05) is 28.1 Å². The van der Waals surface area contributed by atoms with Gasteiger partial charge in [-0.05, 0) is 0 Å². The molecule has 0 saturated carbocycles. The van der Waals surface area contributed by atoms with Crippen molar-refractivity contribution in [3.63, 3.8) is 0 Å². The Balaban J connectivity index is 4.34. The minimum absolute atomic E-state index is 0.0819. The van der Waals surface area contributed by atoms with Gasteiger partial charge in [0.05, 0.1) is 0 Å². The van der Waals surface area contributed by atoms with Crippen LogP contribution >= 0.6 is 7.60 Å². The van der Waals surface area contributed by atoms with Crippen LogP contribution in [-0.2, 0) is 23.1 Å². The third-order valence-corrected chi connectivity index (χ3v) is 3.23. The number of hydrogen-bond donors (Lipinski definition) is 1. The smallest absolute Gasteiger partial charge is 0.344 e. The molecule has 0 heterocycles. The Labute approximate surface area is 101 Å². The van der Waals surface area contributed by atoms with Crippen molar-refractivity contribution in [3.05, 3.63) is 0 Å². The van der Waals surface area contributed by atoms with Crippen LogP contribution in [0.1, 0.15) is 13.8 Å². The Hall–Kier alpha value is -1.17. The molecule has 0 fully saturated rings. The molecule has 17 heavy (non-hydrogen) atoms. The van der Waals surface area contributed by atoms with Crippen molar-refractivity contribution in [1.29, 1.82) is 0 Å². The van der Waals surface area contributed by atoms with Crippen molar-refractivity contribution in [2.24, 2.45) is 0 Å². The van der Waals surface area contributed by atoms with Crippen LogP contribution in [0.25, 0.3) is 0 Å². The highest BCUT2D eigenvalue weighted by Gasteiger charge is 2.23. The van der Waals surface area contributed by atoms with Gasteiger partial charge in [0.25, 0.3) is 0 Å². The average molecular weight is 261 g/mol. The zero-order chi connectivity index (χ0) is 13.1. The Morgan fingerprint density at radius 2 is 1.59 bits per heavy atom. The van der Waals surface area contributed by atoms with Crippen LogP contribution < -0.4 is 5.32 Å². The van der Waals surface area contributed by atoms with E-state index in [9.17, 15) is 4.57 Å². The molecule has 0 spiro atoms. The van der Waals surface area contributed by atoms with Gasteiger partial charge in [-0.2, -0.15) is 0 Å². The van der Waals surface area contributed by atoms with Gasteiger partial charge in [0.15, 0.2) is 0 Å². The fourth-order valence-corrected chi connectivity index (χ4v) is 1.50. The zero-order valence-corrected chi connectivity index (χ0v) is 11.2. The highest BCUT2D eigenvalue weighted by molar-refractivity contribution is 7.53. The third-order valence-electron chi connectivity index (χ3n) is 1.54. The maximum Gasteiger partial charge on any atom is 0.344 e. The number of hydrogen-bond acceptors (Lipinski definition) is 6. The van der Waals surface area contributed by atoms with Gasteiger partial charge < -0.3 is 18.5 Å². The fourth-order valence-electron chi connectivity index (χ4n) is 0.722. The molecule has 0 saturated heterocycles. The minimum atomic E-state index is -3.17. The lowest BCUT2D eigenvalue weighted by atomic mass is 10.8. The maximum atomic E-state index is 11.7. The predicted molar refractivity (Wildman–Crippen MR) is 62.5 cm³/mol. The summed E-state index contributed by atoms with van der Waals surface area (Å²) in [5, 5.41) is 2.67. The summed E-state index contributed by atoms with van der Waals surface area (Å²) in [5.41, 5.74) is 0. The molecule has 7 heteroatoms. The molecule has 96 valence electrons. The second-order valence-corrected chi connectivity index (χ2v) is 4.88. The van der Waals surface area contributed by atoms with Crippen LogP contribution in [0, 0.1) is 24.1 Å². The molecule has 0 aliphatic carbocycles. The van der Waals surface area contributed by atoms with Gasteiger partial charge in [-0.15, -0.1) is 0 Å². The lowest BCUT2D eigenvalue weighted by Crippen LogP contribution is -2.33. The van der Waals surface area contributed by atoms with E-state index in [0.29, 0.717) is 0 Å². The molecular formula is C10H16NO5P. The molecule has 0 radical (unpaired) electrons. The first-order valence-corrected chi connectivity index (χ1v) is 6.43. The summed E-state index contributed by atoms with van der Waals surface area (Å²) in [7, 11) is -0.583. The molecule has 0 aliphatic rings. The van der Waals surface area contributed by atoms with Gasteiger partial charge in [0.2, 0.25) is 0 Å². The lowest BCUT2D eigenvalue weighted by molar-refractivity contribution is -0.0616. The first-order chi connectivity index (χ1) is 8.11. The Morgan fingerprint density at radius 1 is 1.12 bits per heavy atom. The van der Waals surface area contributed by atoms with Crippen molar-refractivity contribution < 1.29 is 23.1 Å². The van der Waals surface area contributed by atoms with E-state index in [1.54, 1.807) is 13.8 Å². The molecule has 0 unspecified atom stereocenters. The summed E-state index contributed by atoms with van der Waals surface area (Å²) in [6.45, 7) is 3.22. The molecule has 0 aliphatic heterocycles. The van der Waals surface area contributed by atoms with E-state index in [4.69, 9.17) is 18.5 Å². The topological polar surface area (TPSA) is 66.0 Å². The summed E-state index contributed by atoms with van der Waals surface area (Å²) in [6.07, 6.45) is 3.70. The highest BCUT2D eigenvalue weighted by Crippen LogP contribution is 2.44. The second-order valence-electron chi connectivity index (χ2n) is 2.61. The molecule has 1 N–H and O–H groups in total. The maximum absolute atomic E-state index is 11.7. The fraction of sp³-hybridized carbons (Fsp3) is 0.600. The minimum Gasteiger partial charge on any atom is -0.389 e. The van der Waals surface area contributed by atoms with Crippen LogP contribution in [0.5, 0.6) is 0 Å². The second kappa shape index (κ2) is 8.92. The third kappa shape index (κ3) is 6.88. The standard InChI is InChI=1S/C10H16NO5P/c1-5-7-15-10(16-8-6-2)11-9-17(12,13-3)14-4/h10-11H,9H2,1-4H3. The van der Waals surface area contributed by atoms with Gasteiger partial charge in [0.1, 0.15) is 18.5 Å². The van der Waals surface area contributed by atoms with E-state index < -0.39 is 14.0 Å². The van der Waals surface area contributed by atoms with Gasteiger partial charge in [-0.1, -0.05) is 11.8 Å². The summed E-state index contributed by atoms with van der Waals surface area (Å²) in [4.78, 5) is 0. The van der Waals surface area contributed by atoms with Gasteiger partial charge in [-0.3, -0.25) is 4.57 Å². The van der Waals surface area contributed by atoms with Crippen molar-refractivity contribution in [3.8, 4) is 24.1 Å². The van der Waals surface area contributed by atoms with E-state index in [2.05, 4.69) is 29.4 Å². The van der Waals surface area contributed by atoms with E-state index in [1.807, 2.05) is 0 Å². The number of rotatable bonds is 7. The van der Waals surface area contributed by atoms with Crippen molar-refractivity contribution >= 4 is 7.60 Å². The van der Waals surface area contributed by atoms with Crippen LogP contribution in [-0.4, -0.2) is 26.9 Å². The van der Waals surface area contributed by atoms with E-state index in [0.717, 1.165) is 0 Å². The molecule has 0 amide bonds. The van der Waals surface area contributed by atoms with Crippen molar-refractivity contribution in [1.82, 2.24) is 5.32 Å². The predicted octanol–water partition coefficient (Wildman–Crippen LogP) is 1.30. The first-order valence-electron chi connectivity index (χ1n) is 4.70. The quantitative estimate of drug-likeness (QED) is 0.423. The molecule has 0 aromatic carbocycles. The Morgan fingerprint density at radius 3 is 1.94 bits per heavy atom. The Kier molecular flexibility index (Phi) is 8.31. The van der Waals surface area contributed by atoms with Crippen LogP contribution in [0.4, 0.5) is 0 Å². The summed E-state index contributed by atoms with van der Waals surface area (Å²) in [6, 6.07) is 0. The molecule has 0 bridgehead atoms. The lowest BCUT2D eigenvalue weighted by Gasteiger charge is -2.18. The highest BCUT2D eigenvalue weighted by atomic mass is 31.2. The first kappa shape index (κ1) is 15.8. The van der Waals surface area contributed by atoms with Crippen LogP contribution in [0.2, 0.25) is 0 Å². The van der Waals surface area contributed by atoms with E-state index in [-0.39, 0.29) is 6.29 Å². The largest absolute Gasteiger partial charge is 0.389 e. The van der Waals surface area contributed by atoms with Gasteiger partial charge in [-0.25, -0.2) is 5.32 Å². The van der Waals surface area contributed by atoms with E-state index in [1.165, 1.54) is 14.2 Å². The summed E-state index contributed by atoms with van der Waals surface area (Å²) in [5.74, 6) is 5.06. The number of ether oxygens (including phenoxy) is 2. The van der Waals surface area contributed by atoms with Crippen molar-refractivity contribution in [2.75, 3.05) is 20.5 Å². The molecule has 0 aromatic heterocycles. The van der Waals surface area contributed by atoms with Gasteiger partial charge >= 0.3 is 14.0 Å². The summed E-state index contributed by atoms with van der Waals surface area (Å²) < 4.78 is 31.1. The normalized spacial score (nSPS) is 9.94. The molecular weight excluding hydrogens is 245 g/mol. The number of nitrogens with one attached hydrogen (secondary N) is 1. The molecule has 0 atom stereocenters. The molecule has 0 aromatic rings. The van der Waals surface area contributed by atoms with E-state index >= 15 is 0 Å². The van der Waals surface area contributed by atoms with Crippen LogP contribution in [0.15, 0.2) is 0 Å². The SMILES string of the molecule is CC#COC(NCP(=O)(OC)OC)OC#CC. The average Bonchev–Trinajstić information content (AvgIpc) is 2.37. The summed E-state index contributed by atoms with van der Waals surface area (Å²) >= 11 is 0. The molecule has 0 rings (SSSR count). The van der Waals surface area contributed by atoms with Crippen LogP contribution in [0.3, 0.4) is 0 Å². The van der Waals surface area contributed by atoms with Crippen molar-refractivity contribution in [2.45, 2.75) is 20.3 Å². The Bertz CT molecular complexity index is 346.